The van der Waals surface area contributed by atoms with Gasteiger partial charge < -0.3 is 9.64 Å². The highest BCUT2D eigenvalue weighted by molar-refractivity contribution is 9.10. The normalized spacial score (nSPS) is 15.8. The molecule has 1 aromatic heterocycles. The molecule has 0 spiro atoms. The van der Waals surface area contributed by atoms with E-state index in [0.717, 1.165) is 21.3 Å². The van der Waals surface area contributed by atoms with Crippen LogP contribution in [0, 0.1) is 0 Å². The minimum Gasteiger partial charge on any atom is -0.381 e. The molecule has 1 saturated heterocycles. The number of ether oxygens (including phenoxy) is 1. The molecule has 0 radical (unpaired) electrons. The van der Waals surface area contributed by atoms with Gasteiger partial charge in [0.1, 0.15) is 0 Å². The summed E-state index contributed by atoms with van der Waals surface area (Å²) >= 11 is 3.49. The molecule has 5 nitrogen and oxygen atoms in total. The lowest BCUT2D eigenvalue weighted by Crippen LogP contribution is -2.48. The van der Waals surface area contributed by atoms with E-state index in [-0.39, 0.29) is 5.91 Å². The predicted octanol–water partition coefficient (Wildman–Crippen LogP) is 4.34. The van der Waals surface area contributed by atoms with E-state index in [9.17, 15) is 4.79 Å². The maximum atomic E-state index is 13.6. The number of amides is 1. The molecule has 0 bridgehead atoms. The second-order valence-electron chi connectivity index (χ2n) is 7.49. The van der Waals surface area contributed by atoms with Crippen LogP contribution in [0.3, 0.4) is 0 Å². The summed E-state index contributed by atoms with van der Waals surface area (Å²) in [6.07, 6.45) is 5.20. The van der Waals surface area contributed by atoms with Crippen molar-refractivity contribution < 1.29 is 9.53 Å². The van der Waals surface area contributed by atoms with Gasteiger partial charge in [0.05, 0.1) is 17.3 Å². The first-order valence-electron chi connectivity index (χ1n) is 9.77. The van der Waals surface area contributed by atoms with Crippen LogP contribution in [0.4, 0.5) is 0 Å². The van der Waals surface area contributed by atoms with Crippen molar-refractivity contribution >= 4 is 21.8 Å². The Morgan fingerprint density at radius 2 is 1.83 bits per heavy atom. The SMILES string of the molecule is CN(Cc1cnn(-c2ccccc2)c1)C(=O)C1(c2ccc(Br)cc2)CCOCC1. The van der Waals surface area contributed by atoms with E-state index in [0.29, 0.717) is 32.6 Å². The van der Waals surface area contributed by atoms with E-state index in [4.69, 9.17) is 4.74 Å². The van der Waals surface area contributed by atoms with Gasteiger partial charge in [0.15, 0.2) is 0 Å². The molecular formula is C23H24BrN3O2. The number of hydrogen-bond donors (Lipinski definition) is 0. The van der Waals surface area contributed by atoms with Crippen molar-refractivity contribution in [1.82, 2.24) is 14.7 Å². The van der Waals surface area contributed by atoms with Gasteiger partial charge >= 0.3 is 0 Å². The number of hydrogen-bond acceptors (Lipinski definition) is 3. The molecule has 0 saturated carbocycles. The molecule has 1 fully saturated rings. The van der Waals surface area contributed by atoms with E-state index >= 15 is 0 Å². The molecule has 1 aliphatic rings. The Hall–Kier alpha value is -2.44. The van der Waals surface area contributed by atoms with Gasteiger partial charge in [-0.1, -0.05) is 46.3 Å². The molecule has 6 heteroatoms. The molecule has 0 atom stereocenters. The molecule has 0 unspecified atom stereocenters. The summed E-state index contributed by atoms with van der Waals surface area (Å²) in [5.41, 5.74) is 2.52. The number of carbonyl (C=O) groups is 1. The van der Waals surface area contributed by atoms with Crippen LogP contribution in [-0.4, -0.2) is 40.8 Å². The van der Waals surface area contributed by atoms with E-state index in [1.165, 1.54) is 0 Å². The highest BCUT2D eigenvalue weighted by Crippen LogP contribution is 2.37. The Balaban J connectivity index is 1.55. The van der Waals surface area contributed by atoms with Crippen molar-refractivity contribution in [3.63, 3.8) is 0 Å². The summed E-state index contributed by atoms with van der Waals surface area (Å²) in [7, 11) is 1.87. The van der Waals surface area contributed by atoms with Crippen molar-refractivity contribution in [2.24, 2.45) is 0 Å². The van der Waals surface area contributed by atoms with Crippen LogP contribution >= 0.6 is 15.9 Å². The first-order chi connectivity index (χ1) is 14.1. The third kappa shape index (κ3) is 4.14. The van der Waals surface area contributed by atoms with Crippen LogP contribution in [0.2, 0.25) is 0 Å². The summed E-state index contributed by atoms with van der Waals surface area (Å²) < 4.78 is 8.43. The van der Waals surface area contributed by atoms with Crippen molar-refractivity contribution in [2.45, 2.75) is 24.8 Å². The monoisotopic (exact) mass is 453 g/mol. The molecule has 0 aliphatic carbocycles. The molecule has 2 heterocycles. The minimum atomic E-state index is -0.539. The summed E-state index contributed by atoms with van der Waals surface area (Å²) in [5, 5.41) is 4.45. The zero-order chi connectivity index (χ0) is 20.3. The van der Waals surface area contributed by atoms with Gasteiger partial charge in [0.25, 0.3) is 0 Å². The van der Waals surface area contributed by atoms with Gasteiger partial charge in [-0.3, -0.25) is 4.79 Å². The van der Waals surface area contributed by atoms with Gasteiger partial charge in [-0.2, -0.15) is 5.10 Å². The third-order valence-electron chi connectivity index (χ3n) is 5.58. The molecule has 29 heavy (non-hydrogen) atoms. The van der Waals surface area contributed by atoms with Crippen LogP contribution in [0.1, 0.15) is 24.0 Å². The number of aromatic nitrogens is 2. The van der Waals surface area contributed by atoms with Crippen LogP contribution in [0.25, 0.3) is 5.69 Å². The lowest BCUT2D eigenvalue weighted by molar-refractivity contribution is -0.140. The van der Waals surface area contributed by atoms with E-state index in [2.05, 4.69) is 33.2 Å². The second kappa shape index (κ2) is 8.51. The van der Waals surface area contributed by atoms with Crippen LogP contribution in [0.15, 0.2) is 71.5 Å². The van der Waals surface area contributed by atoms with Gasteiger partial charge in [-0.05, 0) is 42.7 Å². The van der Waals surface area contributed by atoms with Crippen molar-refractivity contribution in [3.8, 4) is 5.69 Å². The average Bonchev–Trinajstić information content (AvgIpc) is 3.23. The summed E-state index contributed by atoms with van der Waals surface area (Å²) in [6.45, 7) is 1.72. The van der Waals surface area contributed by atoms with Crippen LogP contribution in [-0.2, 0) is 21.5 Å². The lowest BCUT2D eigenvalue weighted by atomic mass is 9.73. The maximum absolute atomic E-state index is 13.6. The zero-order valence-electron chi connectivity index (χ0n) is 16.4. The number of nitrogens with zero attached hydrogens (tertiary/aromatic N) is 3. The first-order valence-corrected chi connectivity index (χ1v) is 10.6. The highest BCUT2D eigenvalue weighted by Gasteiger charge is 2.43. The summed E-state index contributed by atoms with van der Waals surface area (Å²) in [6, 6.07) is 18.1. The van der Waals surface area contributed by atoms with Crippen molar-refractivity contribution in [3.05, 3.63) is 82.6 Å². The zero-order valence-corrected chi connectivity index (χ0v) is 18.0. The Morgan fingerprint density at radius 3 is 2.52 bits per heavy atom. The van der Waals surface area contributed by atoms with Gasteiger partial charge in [0.2, 0.25) is 5.91 Å². The number of rotatable bonds is 5. The predicted molar refractivity (Wildman–Crippen MR) is 116 cm³/mol. The molecule has 2 aromatic carbocycles. The Kier molecular flexibility index (Phi) is 5.83. The Bertz CT molecular complexity index is 963. The Labute approximate surface area is 179 Å². The summed E-state index contributed by atoms with van der Waals surface area (Å²) in [5.74, 6) is 0.135. The second-order valence-corrected chi connectivity index (χ2v) is 8.41. The number of carbonyl (C=O) groups excluding carboxylic acids is 1. The van der Waals surface area contributed by atoms with Gasteiger partial charge in [0, 0.05) is 43.0 Å². The molecular weight excluding hydrogens is 430 g/mol. The largest absolute Gasteiger partial charge is 0.381 e. The van der Waals surface area contributed by atoms with Crippen molar-refractivity contribution in [1.29, 1.82) is 0 Å². The minimum absolute atomic E-state index is 0.135. The first kappa shape index (κ1) is 19.9. The molecule has 1 amide bonds. The fraction of sp³-hybridized carbons (Fsp3) is 0.304. The Morgan fingerprint density at radius 1 is 1.14 bits per heavy atom. The molecule has 4 rings (SSSR count). The third-order valence-corrected chi connectivity index (χ3v) is 6.10. The molecule has 3 aromatic rings. The maximum Gasteiger partial charge on any atom is 0.233 e. The molecule has 0 N–H and O–H groups in total. The quantitative estimate of drug-likeness (QED) is 0.576. The van der Waals surface area contributed by atoms with E-state index in [1.807, 2.05) is 71.5 Å². The lowest BCUT2D eigenvalue weighted by Gasteiger charge is -2.39. The number of benzene rings is 2. The number of halogens is 1. The van der Waals surface area contributed by atoms with Gasteiger partial charge in [-0.25, -0.2) is 4.68 Å². The fourth-order valence-corrected chi connectivity index (χ4v) is 4.25. The fourth-order valence-electron chi connectivity index (χ4n) is 3.99. The number of para-hydroxylation sites is 1. The standard InChI is InChI=1S/C23H24BrN3O2/c1-26(16-18-15-25-27(17-18)21-5-3-2-4-6-21)22(28)23(11-13-29-14-12-23)19-7-9-20(24)10-8-19/h2-10,15,17H,11-14,16H2,1H3. The number of likely N-dealkylation sites (N-methyl/N-ethyl adjacent to an activating group) is 1. The van der Waals surface area contributed by atoms with Crippen molar-refractivity contribution in [2.75, 3.05) is 20.3 Å². The summed E-state index contributed by atoms with van der Waals surface area (Å²) in [4.78, 5) is 15.4. The van der Waals surface area contributed by atoms with E-state index < -0.39 is 5.41 Å². The van der Waals surface area contributed by atoms with E-state index in [1.54, 1.807) is 0 Å². The molecule has 150 valence electrons. The topological polar surface area (TPSA) is 47.4 Å². The average molecular weight is 454 g/mol. The molecule has 1 aliphatic heterocycles. The van der Waals surface area contributed by atoms with Gasteiger partial charge in [-0.15, -0.1) is 0 Å². The smallest absolute Gasteiger partial charge is 0.233 e. The van der Waals surface area contributed by atoms with Crippen LogP contribution < -0.4 is 0 Å². The van der Waals surface area contributed by atoms with Crippen LogP contribution in [0.5, 0.6) is 0 Å². The highest BCUT2D eigenvalue weighted by atomic mass is 79.9.